The number of rotatable bonds is 3. The molecule has 1 atom stereocenters. The van der Waals surface area contributed by atoms with E-state index in [0.29, 0.717) is 0 Å². The predicted molar refractivity (Wildman–Crippen MR) is 57.1 cm³/mol. The summed E-state index contributed by atoms with van der Waals surface area (Å²) in [5, 5.41) is 4.55. The third-order valence-electron chi connectivity index (χ3n) is 3.12. The molecular weight excluding hydrogens is 174 g/mol. The van der Waals surface area contributed by atoms with Gasteiger partial charge in [0.25, 0.3) is 0 Å². The van der Waals surface area contributed by atoms with Gasteiger partial charge in [-0.25, -0.2) is 0 Å². The fourth-order valence-corrected chi connectivity index (χ4v) is 2.28. The average Bonchev–Trinajstić information content (AvgIpc) is 2.60. The molecule has 1 aliphatic rings. The van der Waals surface area contributed by atoms with Crippen LogP contribution in [0, 0.1) is 5.92 Å². The van der Waals surface area contributed by atoms with E-state index in [2.05, 4.69) is 22.9 Å². The van der Waals surface area contributed by atoms with E-state index in [1.54, 1.807) is 0 Å². The van der Waals surface area contributed by atoms with Gasteiger partial charge in [-0.05, 0) is 50.6 Å². The van der Waals surface area contributed by atoms with Crippen molar-refractivity contribution in [2.75, 3.05) is 6.54 Å². The molecule has 2 rings (SSSR count). The molecule has 1 aliphatic carbocycles. The number of nitrogens with two attached hydrogens (primary N) is 1. The Balaban J connectivity index is 2.09. The lowest BCUT2D eigenvalue weighted by atomic mass is 9.86. The maximum Gasteiger partial charge on any atom is 0.0656 e. The zero-order valence-corrected chi connectivity index (χ0v) is 8.87. The van der Waals surface area contributed by atoms with Gasteiger partial charge in [0, 0.05) is 12.7 Å². The van der Waals surface area contributed by atoms with Gasteiger partial charge in [-0.1, -0.05) is 0 Å². The van der Waals surface area contributed by atoms with Crippen molar-refractivity contribution in [2.45, 2.75) is 39.2 Å². The largest absolute Gasteiger partial charge is 0.330 e. The Kier molecular flexibility index (Phi) is 2.87. The minimum Gasteiger partial charge on any atom is -0.330 e. The van der Waals surface area contributed by atoms with Crippen LogP contribution in [0.1, 0.15) is 31.0 Å². The fraction of sp³-hybridized carbons (Fsp3) is 0.727. The summed E-state index contributed by atoms with van der Waals surface area (Å²) in [6.07, 6.45) is 6.97. The molecule has 0 radical (unpaired) electrons. The topological polar surface area (TPSA) is 43.8 Å². The van der Waals surface area contributed by atoms with Crippen molar-refractivity contribution in [3.8, 4) is 0 Å². The predicted octanol–water partition coefficient (Wildman–Crippen LogP) is 1.36. The number of fused-ring (bicyclic) bond motifs is 1. The summed E-state index contributed by atoms with van der Waals surface area (Å²) in [5.41, 5.74) is 8.36. The smallest absolute Gasteiger partial charge is 0.0656 e. The summed E-state index contributed by atoms with van der Waals surface area (Å²) >= 11 is 0. The summed E-state index contributed by atoms with van der Waals surface area (Å²) in [5.74, 6) is 0.794. The highest BCUT2D eigenvalue weighted by Gasteiger charge is 2.20. The molecule has 1 unspecified atom stereocenters. The average molecular weight is 193 g/mol. The number of hydrogen-bond donors (Lipinski definition) is 1. The van der Waals surface area contributed by atoms with Crippen molar-refractivity contribution >= 4 is 0 Å². The van der Waals surface area contributed by atoms with E-state index in [9.17, 15) is 0 Å². The Bertz CT molecular complexity index is 303. The molecule has 1 aromatic rings. The third-order valence-corrected chi connectivity index (χ3v) is 3.12. The van der Waals surface area contributed by atoms with Crippen LogP contribution >= 0.6 is 0 Å². The first kappa shape index (κ1) is 9.71. The molecule has 3 heteroatoms. The minimum atomic E-state index is 0.794. The first-order valence-corrected chi connectivity index (χ1v) is 5.58. The Morgan fingerprint density at radius 3 is 3.21 bits per heavy atom. The fourth-order valence-electron chi connectivity index (χ4n) is 2.28. The van der Waals surface area contributed by atoms with E-state index in [0.717, 1.165) is 31.8 Å². The van der Waals surface area contributed by atoms with E-state index in [1.807, 2.05) is 0 Å². The summed E-state index contributed by atoms with van der Waals surface area (Å²) in [6, 6.07) is 0. The standard InChI is InChI=1S/C11H19N3/c1-2-14-8-10-7-9(5-6-12)3-4-11(10)13-14/h8-9H,2-7,12H2,1H3. The second-order valence-electron chi connectivity index (χ2n) is 4.14. The van der Waals surface area contributed by atoms with Gasteiger partial charge in [0.2, 0.25) is 0 Å². The number of hydrogen-bond acceptors (Lipinski definition) is 2. The number of nitrogens with zero attached hydrogens (tertiary/aromatic N) is 2. The molecule has 14 heavy (non-hydrogen) atoms. The molecule has 0 amide bonds. The Hall–Kier alpha value is -0.830. The molecule has 0 saturated carbocycles. The zero-order chi connectivity index (χ0) is 9.97. The molecular formula is C11H19N3. The minimum absolute atomic E-state index is 0.794. The zero-order valence-electron chi connectivity index (χ0n) is 8.87. The van der Waals surface area contributed by atoms with Crippen molar-refractivity contribution in [1.82, 2.24) is 9.78 Å². The van der Waals surface area contributed by atoms with Crippen LogP contribution in [0.2, 0.25) is 0 Å². The lowest BCUT2D eigenvalue weighted by molar-refractivity contribution is 0.430. The second-order valence-corrected chi connectivity index (χ2v) is 4.14. The lowest BCUT2D eigenvalue weighted by Crippen LogP contribution is -2.16. The van der Waals surface area contributed by atoms with E-state index >= 15 is 0 Å². The van der Waals surface area contributed by atoms with Crippen molar-refractivity contribution in [1.29, 1.82) is 0 Å². The highest BCUT2D eigenvalue weighted by molar-refractivity contribution is 5.20. The van der Waals surface area contributed by atoms with Gasteiger partial charge in [0.15, 0.2) is 0 Å². The molecule has 1 aromatic heterocycles. The van der Waals surface area contributed by atoms with Crippen LogP contribution < -0.4 is 5.73 Å². The molecule has 0 bridgehead atoms. The van der Waals surface area contributed by atoms with Crippen molar-refractivity contribution in [2.24, 2.45) is 11.7 Å². The maximum atomic E-state index is 5.59. The van der Waals surface area contributed by atoms with Crippen molar-refractivity contribution in [3.63, 3.8) is 0 Å². The Morgan fingerprint density at radius 2 is 2.50 bits per heavy atom. The van der Waals surface area contributed by atoms with Crippen LogP contribution in [0.15, 0.2) is 6.20 Å². The molecule has 2 N–H and O–H groups in total. The maximum absolute atomic E-state index is 5.59. The molecule has 0 fully saturated rings. The lowest BCUT2D eigenvalue weighted by Gasteiger charge is -2.20. The van der Waals surface area contributed by atoms with E-state index in [-0.39, 0.29) is 0 Å². The monoisotopic (exact) mass is 193 g/mol. The summed E-state index contributed by atoms with van der Waals surface area (Å²) < 4.78 is 2.05. The first-order chi connectivity index (χ1) is 6.83. The van der Waals surface area contributed by atoms with Crippen molar-refractivity contribution in [3.05, 3.63) is 17.5 Å². The van der Waals surface area contributed by atoms with E-state index in [1.165, 1.54) is 24.1 Å². The van der Waals surface area contributed by atoms with E-state index in [4.69, 9.17) is 5.73 Å². The normalized spacial score (nSPS) is 20.9. The van der Waals surface area contributed by atoms with E-state index < -0.39 is 0 Å². The third kappa shape index (κ3) is 1.82. The molecule has 0 aliphatic heterocycles. The molecule has 0 aromatic carbocycles. The number of aryl methyl sites for hydroxylation is 2. The summed E-state index contributed by atoms with van der Waals surface area (Å²) in [7, 11) is 0. The molecule has 0 saturated heterocycles. The first-order valence-electron chi connectivity index (χ1n) is 5.58. The van der Waals surface area contributed by atoms with Gasteiger partial charge >= 0.3 is 0 Å². The van der Waals surface area contributed by atoms with Crippen LogP contribution in [0.25, 0.3) is 0 Å². The van der Waals surface area contributed by atoms with Gasteiger partial charge in [-0.2, -0.15) is 5.10 Å². The SMILES string of the molecule is CCn1cc2c(n1)CCC(CCN)C2. The van der Waals surface area contributed by atoms with Crippen LogP contribution in [0.5, 0.6) is 0 Å². The number of aromatic nitrogens is 2. The second kappa shape index (κ2) is 4.13. The van der Waals surface area contributed by atoms with Gasteiger partial charge in [0.05, 0.1) is 5.69 Å². The molecule has 3 nitrogen and oxygen atoms in total. The van der Waals surface area contributed by atoms with Crippen LogP contribution in [-0.2, 0) is 19.4 Å². The van der Waals surface area contributed by atoms with Gasteiger partial charge < -0.3 is 5.73 Å². The Morgan fingerprint density at radius 1 is 1.64 bits per heavy atom. The highest BCUT2D eigenvalue weighted by Crippen LogP contribution is 2.26. The van der Waals surface area contributed by atoms with Crippen LogP contribution in [-0.4, -0.2) is 16.3 Å². The van der Waals surface area contributed by atoms with Gasteiger partial charge in [0.1, 0.15) is 0 Å². The quantitative estimate of drug-likeness (QED) is 0.787. The van der Waals surface area contributed by atoms with Gasteiger partial charge in [-0.3, -0.25) is 4.68 Å². The summed E-state index contributed by atoms with van der Waals surface area (Å²) in [6.45, 7) is 3.94. The van der Waals surface area contributed by atoms with Crippen molar-refractivity contribution < 1.29 is 0 Å². The van der Waals surface area contributed by atoms with Gasteiger partial charge in [-0.15, -0.1) is 0 Å². The highest BCUT2D eigenvalue weighted by atomic mass is 15.3. The van der Waals surface area contributed by atoms with Crippen LogP contribution in [0.3, 0.4) is 0 Å². The molecule has 78 valence electrons. The molecule has 0 spiro atoms. The summed E-state index contributed by atoms with van der Waals surface area (Å²) in [4.78, 5) is 0. The Labute approximate surface area is 85.3 Å². The van der Waals surface area contributed by atoms with Crippen LogP contribution in [0.4, 0.5) is 0 Å². The molecule has 1 heterocycles.